The van der Waals surface area contributed by atoms with E-state index in [0.717, 1.165) is 18.4 Å². The third-order valence-electron chi connectivity index (χ3n) is 6.70. The number of ether oxygens (including phenoxy) is 1. The molecule has 4 rings (SSSR count). The number of hydrogen-bond acceptors (Lipinski definition) is 9. The molecule has 0 amide bonds. The van der Waals surface area contributed by atoms with E-state index in [1.165, 1.54) is 17.8 Å². The second-order valence-corrected chi connectivity index (χ2v) is 12.2. The van der Waals surface area contributed by atoms with E-state index in [1.807, 2.05) is 55.3 Å². The number of rotatable bonds is 12. The van der Waals surface area contributed by atoms with Gasteiger partial charge in [-0.15, -0.1) is 10.2 Å². The second-order valence-electron chi connectivity index (χ2n) is 10.2. The van der Waals surface area contributed by atoms with Gasteiger partial charge in [0.25, 0.3) is 0 Å². The summed E-state index contributed by atoms with van der Waals surface area (Å²) in [5.74, 6) is 2.69. The Labute approximate surface area is 218 Å². The van der Waals surface area contributed by atoms with E-state index >= 15 is 0 Å². The SMILES string of the molecule is COCCN(c1cc(-c2nnc([C@](C)(N)Cc3ccccc3)o2)cc(N(C)CC2CC2C)n1)S(C)(=O)=O. The molecular weight excluding hydrogens is 492 g/mol. The van der Waals surface area contributed by atoms with Crippen molar-refractivity contribution in [2.24, 2.45) is 17.6 Å². The number of nitrogens with zero attached hydrogens (tertiary/aromatic N) is 5. The van der Waals surface area contributed by atoms with Crippen molar-refractivity contribution >= 4 is 21.7 Å². The van der Waals surface area contributed by atoms with Crippen molar-refractivity contribution in [3.63, 3.8) is 0 Å². The molecule has 1 fully saturated rings. The maximum atomic E-state index is 12.7. The molecule has 11 heteroatoms. The van der Waals surface area contributed by atoms with Crippen molar-refractivity contribution in [2.75, 3.05) is 49.3 Å². The van der Waals surface area contributed by atoms with Crippen LogP contribution >= 0.6 is 0 Å². The molecule has 2 unspecified atom stereocenters. The molecule has 0 aliphatic heterocycles. The highest BCUT2D eigenvalue weighted by atomic mass is 32.2. The Hall–Kier alpha value is -3.02. The van der Waals surface area contributed by atoms with Gasteiger partial charge in [0.2, 0.25) is 21.8 Å². The smallest absolute Gasteiger partial charge is 0.248 e. The molecule has 1 aliphatic carbocycles. The van der Waals surface area contributed by atoms with Gasteiger partial charge >= 0.3 is 0 Å². The molecule has 0 saturated heterocycles. The summed E-state index contributed by atoms with van der Waals surface area (Å²) in [7, 11) is -0.135. The lowest BCUT2D eigenvalue weighted by Gasteiger charge is -2.24. The summed E-state index contributed by atoms with van der Waals surface area (Å²) < 4.78 is 37.8. The zero-order valence-corrected chi connectivity index (χ0v) is 22.9. The molecule has 1 aliphatic rings. The van der Waals surface area contributed by atoms with E-state index in [2.05, 4.69) is 17.1 Å². The third kappa shape index (κ3) is 6.65. The van der Waals surface area contributed by atoms with Gasteiger partial charge in [-0.2, -0.15) is 0 Å². The zero-order valence-electron chi connectivity index (χ0n) is 22.1. The van der Waals surface area contributed by atoms with Gasteiger partial charge in [0.05, 0.1) is 24.9 Å². The second kappa shape index (κ2) is 10.8. The minimum absolute atomic E-state index is 0.127. The van der Waals surface area contributed by atoms with Crippen LogP contribution < -0.4 is 14.9 Å². The van der Waals surface area contributed by atoms with E-state index in [4.69, 9.17) is 19.9 Å². The lowest BCUT2D eigenvalue weighted by Crippen LogP contribution is -2.35. The monoisotopic (exact) mass is 528 g/mol. The molecule has 37 heavy (non-hydrogen) atoms. The molecule has 3 atom stereocenters. The standard InChI is InChI=1S/C26H36N6O4S/c1-18-13-21(18)17-31(3)22-14-20(15-23(28-22)32(11-12-35-4)37(5,33)34)24-29-30-25(36-24)26(2,27)16-19-9-7-6-8-10-19/h6-10,14-15,18,21H,11-13,16-17,27H2,1-5H3/t18?,21?,26-/m1/s1. The first-order chi connectivity index (χ1) is 17.5. The van der Waals surface area contributed by atoms with Crippen molar-refractivity contribution in [2.45, 2.75) is 32.2 Å². The zero-order chi connectivity index (χ0) is 26.8. The van der Waals surface area contributed by atoms with Crippen LogP contribution in [0.15, 0.2) is 46.9 Å². The molecule has 1 saturated carbocycles. The highest BCUT2D eigenvalue weighted by Gasteiger charge is 2.34. The van der Waals surface area contributed by atoms with Gasteiger partial charge in [-0.25, -0.2) is 13.4 Å². The van der Waals surface area contributed by atoms with Crippen molar-refractivity contribution in [3.8, 4) is 11.5 Å². The van der Waals surface area contributed by atoms with Gasteiger partial charge in [-0.05, 0) is 49.3 Å². The van der Waals surface area contributed by atoms with Gasteiger partial charge in [-0.1, -0.05) is 37.3 Å². The van der Waals surface area contributed by atoms with Crippen molar-refractivity contribution < 1.29 is 17.6 Å². The first-order valence-electron chi connectivity index (χ1n) is 12.3. The average molecular weight is 529 g/mol. The Balaban J connectivity index is 1.70. The largest absolute Gasteiger partial charge is 0.419 e. The molecule has 0 radical (unpaired) electrons. The van der Waals surface area contributed by atoms with Crippen LogP contribution in [-0.2, 0) is 26.7 Å². The maximum Gasteiger partial charge on any atom is 0.248 e. The number of hydrogen-bond donors (Lipinski definition) is 1. The fraction of sp³-hybridized carbons (Fsp3) is 0.500. The fourth-order valence-electron chi connectivity index (χ4n) is 4.34. The average Bonchev–Trinajstić information content (AvgIpc) is 3.30. The van der Waals surface area contributed by atoms with E-state index in [-0.39, 0.29) is 24.9 Å². The normalized spacial score (nSPS) is 18.9. The number of pyridine rings is 1. The predicted octanol–water partition coefficient (Wildman–Crippen LogP) is 3.05. The molecule has 2 heterocycles. The number of nitrogens with two attached hydrogens (primary N) is 1. The summed E-state index contributed by atoms with van der Waals surface area (Å²) in [6, 6.07) is 13.4. The summed E-state index contributed by atoms with van der Waals surface area (Å²) in [6.45, 7) is 5.24. The van der Waals surface area contributed by atoms with Gasteiger partial charge in [0.1, 0.15) is 11.6 Å². The summed E-state index contributed by atoms with van der Waals surface area (Å²) in [5.41, 5.74) is 7.32. The topological polar surface area (TPSA) is 128 Å². The summed E-state index contributed by atoms with van der Waals surface area (Å²) in [6.07, 6.45) is 2.84. The van der Waals surface area contributed by atoms with Crippen LogP contribution in [0.2, 0.25) is 0 Å². The number of aromatic nitrogens is 3. The van der Waals surface area contributed by atoms with Crippen molar-refractivity contribution in [1.29, 1.82) is 0 Å². The Morgan fingerprint density at radius 2 is 1.86 bits per heavy atom. The Morgan fingerprint density at radius 1 is 1.19 bits per heavy atom. The lowest BCUT2D eigenvalue weighted by atomic mass is 9.94. The Bertz CT molecular complexity index is 1310. The first kappa shape index (κ1) is 27.0. The van der Waals surface area contributed by atoms with E-state index in [0.29, 0.717) is 35.5 Å². The van der Waals surface area contributed by atoms with Crippen LogP contribution in [0.5, 0.6) is 0 Å². The number of sulfonamides is 1. The first-order valence-corrected chi connectivity index (χ1v) is 14.2. The fourth-order valence-corrected chi connectivity index (χ4v) is 5.18. The van der Waals surface area contributed by atoms with E-state index < -0.39 is 15.6 Å². The van der Waals surface area contributed by atoms with Gasteiger partial charge in [0.15, 0.2) is 0 Å². The van der Waals surface area contributed by atoms with Gasteiger partial charge in [-0.3, -0.25) is 4.31 Å². The van der Waals surface area contributed by atoms with Crippen LogP contribution in [0, 0.1) is 11.8 Å². The summed E-state index contributed by atoms with van der Waals surface area (Å²) in [5, 5.41) is 8.52. The quantitative estimate of drug-likeness (QED) is 0.377. The molecule has 2 aromatic heterocycles. The molecule has 2 N–H and O–H groups in total. The van der Waals surface area contributed by atoms with E-state index in [1.54, 1.807) is 6.07 Å². The summed E-state index contributed by atoms with van der Waals surface area (Å²) >= 11 is 0. The summed E-state index contributed by atoms with van der Waals surface area (Å²) in [4.78, 5) is 6.74. The van der Waals surface area contributed by atoms with Gasteiger partial charge in [0, 0.05) is 26.3 Å². The Kier molecular flexibility index (Phi) is 7.86. The van der Waals surface area contributed by atoms with Crippen LogP contribution in [0.4, 0.5) is 11.6 Å². The minimum Gasteiger partial charge on any atom is -0.419 e. The van der Waals surface area contributed by atoms with E-state index in [9.17, 15) is 8.42 Å². The third-order valence-corrected chi connectivity index (χ3v) is 7.87. The molecule has 0 spiro atoms. The minimum atomic E-state index is -3.62. The van der Waals surface area contributed by atoms with Crippen LogP contribution in [0.3, 0.4) is 0 Å². The molecular formula is C26H36N6O4S. The maximum absolute atomic E-state index is 12.7. The van der Waals surface area contributed by atoms with Crippen LogP contribution in [0.25, 0.3) is 11.5 Å². The van der Waals surface area contributed by atoms with Crippen LogP contribution in [0.1, 0.15) is 31.7 Å². The van der Waals surface area contributed by atoms with Crippen molar-refractivity contribution in [1.82, 2.24) is 15.2 Å². The molecule has 3 aromatic rings. The van der Waals surface area contributed by atoms with Crippen molar-refractivity contribution in [3.05, 3.63) is 53.9 Å². The highest BCUT2D eigenvalue weighted by molar-refractivity contribution is 7.92. The number of benzene rings is 1. The predicted molar refractivity (Wildman–Crippen MR) is 144 cm³/mol. The van der Waals surface area contributed by atoms with Gasteiger partial charge < -0.3 is 19.8 Å². The highest BCUT2D eigenvalue weighted by Crippen LogP contribution is 2.39. The molecule has 0 bridgehead atoms. The molecule has 10 nitrogen and oxygen atoms in total. The molecule has 200 valence electrons. The van der Waals surface area contributed by atoms with Crippen LogP contribution in [-0.4, -0.2) is 63.7 Å². The molecule has 1 aromatic carbocycles. The lowest BCUT2D eigenvalue weighted by molar-refractivity contribution is 0.208. The Morgan fingerprint density at radius 3 is 2.49 bits per heavy atom. The number of anilines is 2. The number of methoxy groups -OCH3 is 1.